The number of urea groups is 1. The Bertz CT molecular complexity index is 658. The first-order valence-corrected chi connectivity index (χ1v) is 7.29. The van der Waals surface area contributed by atoms with Gasteiger partial charge in [0.05, 0.1) is 12.8 Å². The summed E-state index contributed by atoms with van der Waals surface area (Å²) in [5.74, 6) is -0.822. The van der Waals surface area contributed by atoms with Crippen molar-refractivity contribution in [1.29, 1.82) is 0 Å². The molecule has 0 saturated carbocycles. The molecule has 1 aliphatic rings. The molecule has 0 spiro atoms. The quantitative estimate of drug-likeness (QED) is 0.809. The zero-order valence-corrected chi connectivity index (χ0v) is 12.1. The van der Waals surface area contributed by atoms with Crippen molar-refractivity contribution in [1.82, 2.24) is 4.31 Å². The minimum atomic E-state index is -4.07. The van der Waals surface area contributed by atoms with E-state index in [1.807, 2.05) is 0 Å². The third-order valence-corrected chi connectivity index (χ3v) is 4.74. The number of anilines is 1. The Morgan fingerprint density at radius 1 is 1.47 bits per heavy atom. The van der Waals surface area contributed by atoms with Crippen LogP contribution in [0.4, 0.5) is 10.5 Å². The van der Waals surface area contributed by atoms with Gasteiger partial charge in [0.15, 0.2) is 0 Å². The van der Waals surface area contributed by atoms with Crippen molar-refractivity contribution in [2.75, 3.05) is 19.0 Å². The van der Waals surface area contributed by atoms with Gasteiger partial charge in [-0.3, -0.25) is 4.79 Å². The highest BCUT2D eigenvalue weighted by atomic mass is 79.9. The minimum Gasteiger partial charge on any atom is -0.468 e. The summed E-state index contributed by atoms with van der Waals surface area (Å²) < 4.78 is 29.9. The van der Waals surface area contributed by atoms with E-state index in [0.717, 1.165) is 7.11 Å². The molecule has 9 heteroatoms. The maximum Gasteiger partial charge on any atom is 0.336 e. The van der Waals surface area contributed by atoms with Crippen molar-refractivity contribution in [3.05, 3.63) is 22.7 Å². The van der Waals surface area contributed by atoms with Crippen molar-refractivity contribution in [3.8, 4) is 0 Å². The molecule has 1 heterocycles. The van der Waals surface area contributed by atoms with Gasteiger partial charge in [0, 0.05) is 4.47 Å². The predicted octanol–water partition coefficient (Wildman–Crippen LogP) is 1.16. The largest absolute Gasteiger partial charge is 0.468 e. The summed E-state index contributed by atoms with van der Waals surface area (Å²) in [6, 6.07) is 3.53. The molecular formula is C10H9BrN2O5S. The third kappa shape index (κ3) is 2.43. The first-order valence-electron chi connectivity index (χ1n) is 5.06. The first-order chi connectivity index (χ1) is 8.86. The Hall–Kier alpha value is -1.61. The van der Waals surface area contributed by atoms with Crippen molar-refractivity contribution in [2.24, 2.45) is 0 Å². The number of methoxy groups -OCH3 is 1. The van der Waals surface area contributed by atoms with Gasteiger partial charge in [-0.05, 0) is 18.2 Å². The van der Waals surface area contributed by atoms with Crippen LogP contribution in [0.2, 0.25) is 0 Å². The van der Waals surface area contributed by atoms with Gasteiger partial charge < -0.3 is 10.1 Å². The summed E-state index contributed by atoms with van der Waals surface area (Å²) in [5, 5.41) is 2.40. The van der Waals surface area contributed by atoms with E-state index in [4.69, 9.17) is 0 Å². The lowest BCUT2D eigenvalue weighted by Gasteiger charge is -2.27. The summed E-state index contributed by atoms with van der Waals surface area (Å²) in [4.78, 5) is 22.8. The normalized spacial score (nSPS) is 16.5. The predicted molar refractivity (Wildman–Crippen MR) is 69.1 cm³/mol. The fourth-order valence-electron chi connectivity index (χ4n) is 1.56. The number of hydrogen-bond acceptors (Lipinski definition) is 5. The number of fused-ring (bicyclic) bond motifs is 1. The van der Waals surface area contributed by atoms with Gasteiger partial charge >= 0.3 is 12.0 Å². The second-order valence-corrected chi connectivity index (χ2v) is 6.40. The Kier molecular flexibility index (Phi) is 3.50. The highest BCUT2D eigenvalue weighted by Gasteiger charge is 2.38. The SMILES string of the molecule is COC(=O)CN1C(=O)Nc2ccc(Br)cc2S1(=O)=O. The van der Waals surface area contributed by atoms with Crippen LogP contribution in [0, 0.1) is 0 Å². The fraction of sp³-hybridized carbons (Fsp3) is 0.200. The molecule has 0 bridgehead atoms. The van der Waals surface area contributed by atoms with Crippen LogP contribution < -0.4 is 5.32 Å². The van der Waals surface area contributed by atoms with Crippen molar-refractivity contribution >= 4 is 43.6 Å². The number of ether oxygens (including phenoxy) is 1. The molecule has 0 unspecified atom stereocenters. The van der Waals surface area contributed by atoms with E-state index in [0.29, 0.717) is 8.78 Å². The molecule has 2 rings (SSSR count). The molecule has 7 nitrogen and oxygen atoms in total. The van der Waals surface area contributed by atoms with E-state index in [9.17, 15) is 18.0 Å². The van der Waals surface area contributed by atoms with E-state index < -0.39 is 28.6 Å². The number of halogens is 1. The second kappa shape index (κ2) is 4.82. The number of rotatable bonds is 2. The monoisotopic (exact) mass is 348 g/mol. The number of benzene rings is 1. The Balaban J connectivity index is 2.51. The topological polar surface area (TPSA) is 92.8 Å². The van der Waals surface area contributed by atoms with Crippen LogP contribution in [-0.4, -0.2) is 38.4 Å². The number of amides is 2. The lowest BCUT2D eigenvalue weighted by molar-refractivity contribution is -0.140. The number of nitrogens with one attached hydrogen (secondary N) is 1. The summed E-state index contributed by atoms with van der Waals surface area (Å²) in [6.07, 6.45) is 0. The van der Waals surface area contributed by atoms with E-state index in [1.54, 1.807) is 6.07 Å². The molecule has 0 fully saturated rings. The molecule has 2 amide bonds. The van der Waals surface area contributed by atoms with Crippen LogP contribution in [0.5, 0.6) is 0 Å². The third-order valence-electron chi connectivity index (χ3n) is 2.48. The fourth-order valence-corrected chi connectivity index (χ4v) is 3.52. The molecule has 1 aromatic rings. The molecule has 102 valence electrons. The summed E-state index contributed by atoms with van der Waals surface area (Å²) in [6.45, 7) is -0.670. The molecule has 19 heavy (non-hydrogen) atoms. The molecular weight excluding hydrogens is 340 g/mol. The van der Waals surface area contributed by atoms with E-state index in [2.05, 4.69) is 26.0 Å². The van der Waals surface area contributed by atoms with Crippen molar-refractivity contribution < 1.29 is 22.7 Å². The zero-order valence-electron chi connectivity index (χ0n) is 9.71. The number of esters is 1. The van der Waals surface area contributed by atoms with Crippen LogP contribution in [-0.2, 0) is 19.6 Å². The molecule has 0 aliphatic carbocycles. The Labute approximate surface area is 117 Å². The average molecular weight is 349 g/mol. The van der Waals surface area contributed by atoms with Gasteiger partial charge in [-0.15, -0.1) is 0 Å². The van der Waals surface area contributed by atoms with Gasteiger partial charge in [0.2, 0.25) is 0 Å². The number of hydrogen-bond donors (Lipinski definition) is 1. The van der Waals surface area contributed by atoms with E-state index in [1.165, 1.54) is 12.1 Å². The second-order valence-electron chi connectivity index (χ2n) is 3.66. The van der Waals surface area contributed by atoms with Crippen LogP contribution >= 0.6 is 15.9 Å². The van der Waals surface area contributed by atoms with Gasteiger partial charge in [-0.2, -0.15) is 0 Å². The molecule has 1 aromatic carbocycles. The number of sulfonamides is 1. The summed E-state index contributed by atoms with van der Waals surface area (Å²) in [7, 11) is -2.96. The lowest BCUT2D eigenvalue weighted by atomic mass is 10.3. The number of carbonyl (C=O) groups is 2. The van der Waals surface area contributed by atoms with Crippen LogP contribution in [0.3, 0.4) is 0 Å². The van der Waals surface area contributed by atoms with Gasteiger partial charge in [0.1, 0.15) is 11.4 Å². The van der Waals surface area contributed by atoms with Crippen LogP contribution in [0.1, 0.15) is 0 Å². The van der Waals surface area contributed by atoms with Crippen molar-refractivity contribution in [3.63, 3.8) is 0 Å². The number of carbonyl (C=O) groups excluding carboxylic acids is 2. The highest BCUT2D eigenvalue weighted by molar-refractivity contribution is 9.10. The smallest absolute Gasteiger partial charge is 0.336 e. The number of nitrogens with zero attached hydrogens (tertiary/aromatic N) is 1. The maximum atomic E-state index is 12.3. The lowest BCUT2D eigenvalue weighted by Crippen LogP contribution is -2.46. The highest BCUT2D eigenvalue weighted by Crippen LogP contribution is 2.32. The standard InChI is InChI=1S/C10H9BrN2O5S/c1-18-9(14)5-13-10(15)12-7-3-2-6(11)4-8(7)19(13,16)17/h2-4H,5H2,1H3,(H,12,15). The van der Waals surface area contributed by atoms with Gasteiger partial charge in [-0.1, -0.05) is 15.9 Å². The molecule has 1 aliphatic heterocycles. The van der Waals surface area contributed by atoms with Crippen molar-refractivity contribution in [2.45, 2.75) is 4.90 Å². The zero-order chi connectivity index (χ0) is 14.2. The molecule has 0 saturated heterocycles. The molecule has 0 aromatic heterocycles. The van der Waals surface area contributed by atoms with Crippen LogP contribution in [0.15, 0.2) is 27.6 Å². The molecule has 0 atom stereocenters. The van der Waals surface area contributed by atoms with E-state index in [-0.39, 0.29) is 10.6 Å². The van der Waals surface area contributed by atoms with Gasteiger partial charge in [-0.25, -0.2) is 17.5 Å². The maximum absolute atomic E-state index is 12.3. The Morgan fingerprint density at radius 2 is 2.16 bits per heavy atom. The molecule has 1 N–H and O–H groups in total. The first kappa shape index (κ1) is 13.8. The minimum absolute atomic E-state index is 0.0784. The Morgan fingerprint density at radius 3 is 2.79 bits per heavy atom. The summed E-state index contributed by atoms with van der Waals surface area (Å²) in [5.41, 5.74) is 0.175. The summed E-state index contributed by atoms with van der Waals surface area (Å²) >= 11 is 3.15. The average Bonchev–Trinajstić information content (AvgIpc) is 2.35. The van der Waals surface area contributed by atoms with Crippen LogP contribution in [0.25, 0.3) is 0 Å². The molecule has 0 radical (unpaired) electrons. The van der Waals surface area contributed by atoms with E-state index >= 15 is 0 Å². The van der Waals surface area contributed by atoms with Gasteiger partial charge in [0.25, 0.3) is 10.0 Å².